The highest BCUT2D eigenvalue weighted by Gasteiger charge is 2.45. The Morgan fingerprint density at radius 1 is 0.474 bits per heavy atom. The van der Waals surface area contributed by atoms with Gasteiger partial charge in [0.05, 0.1) is 78.9 Å². The SMILES string of the molecule is C1CN([S+](N2CCOCC2)N2CCOCC2)CCO1. The molecule has 3 fully saturated rings. The van der Waals surface area contributed by atoms with Crippen molar-refractivity contribution in [3.63, 3.8) is 0 Å². The van der Waals surface area contributed by atoms with Crippen LogP contribution in [0.1, 0.15) is 0 Å². The summed E-state index contributed by atoms with van der Waals surface area (Å²) in [6, 6.07) is 0. The summed E-state index contributed by atoms with van der Waals surface area (Å²) < 4.78 is 24.3. The van der Waals surface area contributed by atoms with Gasteiger partial charge in [0.25, 0.3) is 11.5 Å². The fourth-order valence-corrected chi connectivity index (χ4v) is 5.03. The Morgan fingerprint density at radius 2 is 0.737 bits per heavy atom. The number of hydrogen-bond donors (Lipinski definition) is 0. The van der Waals surface area contributed by atoms with Gasteiger partial charge in [0.1, 0.15) is 0 Å². The van der Waals surface area contributed by atoms with Gasteiger partial charge in [-0.15, -0.1) is 0 Å². The molecule has 19 heavy (non-hydrogen) atoms. The average Bonchev–Trinajstić information content (AvgIpc) is 2.51. The monoisotopic (exact) mass is 290 g/mol. The van der Waals surface area contributed by atoms with Crippen molar-refractivity contribution < 1.29 is 14.2 Å². The number of rotatable bonds is 3. The highest BCUT2D eigenvalue weighted by atomic mass is 32.2. The maximum atomic E-state index is 5.50. The van der Waals surface area contributed by atoms with Gasteiger partial charge in [-0.05, 0) is 0 Å². The van der Waals surface area contributed by atoms with Gasteiger partial charge >= 0.3 is 0 Å². The van der Waals surface area contributed by atoms with Crippen molar-refractivity contribution >= 4 is 11.5 Å². The fourth-order valence-electron chi connectivity index (χ4n) is 2.62. The highest BCUT2D eigenvalue weighted by Crippen LogP contribution is 2.21. The van der Waals surface area contributed by atoms with Gasteiger partial charge < -0.3 is 14.2 Å². The molecule has 3 saturated heterocycles. The summed E-state index contributed by atoms with van der Waals surface area (Å²) in [5, 5.41) is 0. The zero-order valence-corrected chi connectivity index (χ0v) is 12.3. The second kappa shape index (κ2) is 7.21. The van der Waals surface area contributed by atoms with Crippen LogP contribution in [0, 0.1) is 0 Å². The lowest BCUT2D eigenvalue weighted by Gasteiger charge is -2.37. The molecule has 0 spiro atoms. The molecule has 0 unspecified atom stereocenters. The lowest BCUT2D eigenvalue weighted by Crippen LogP contribution is -2.60. The van der Waals surface area contributed by atoms with Gasteiger partial charge in [-0.2, -0.15) is 0 Å². The standard InChI is InChI=1S/C12H24N3O3S/c1-7-16-8-2-13(1)19(14-3-9-17-10-4-14)15-5-11-18-12-6-15/h1-12H2/q+1. The molecular formula is C12H24N3O3S+. The fraction of sp³-hybridized carbons (Fsp3) is 1.00. The van der Waals surface area contributed by atoms with Crippen LogP contribution in [0.25, 0.3) is 0 Å². The Hall–Kier alpha value is 0.110. The van der Waals surface area contributed by atoms with Crippen LogP contribution in [0.3, 0.4) is 0 Å². The first-order chi connectivity index (χ1) is 9.45. The van der Waals surface area contributed by atoms with Gasteiger partial charge in [-0.25, -0.2) is 0 Å². The minimum atomic E-state index is 0.0762. The van der Waals surface area contributed by atoms with E-state index in [9.17, 15) is 0 Å². The van der Waals surface area contributed by atoms with E-state index in [0.29, 0.717) is 0 Å². The second-order valence-electron chi connectivity index (χ2n) is 4.87. The molecule has 0 bridgehead atoms. The van der Waals surface area contributed by atoms with Crippen molar-refractivity contribution in [2.24, 2.45) is 0 Å². The van der Waals surface area contributed by atoms with Crippen LogP contribution in [-0.2, 0) is 25.7 Å². The van der Waals surface area contributed by atoms with Crippen LogP contribution in [0.15, 0.2) is 0 Å². The van der Waals surface area contributed by atoms with Crippen LogP contribution >= 0.6 is 0 Å². The third kappa shape index (κ3) is 3.60. The van der Waals surface area contributed by atoms with Crippen LogP contribution in [0.4, 0.5) is 0 Å². The predicted octanol–water partition coefficient (Wildman–Crippen LogP) is -0.654. The molecule has 0 amide bonds. The van der Waals surface area contributed by atoms with Gasteiger partial charge in [-0.3, -0.25) is 0 Å². The molecule has 0 aliphatic carbocycles. The molecule has 0 atom stereocenters. The Balaban J connectivity index is 1.68. The molecule has 0 aromatic carbocycles. The molecule has 3 aliphatic heterocycles. The van der Waals surface area contributed by atoms with E-state index in [1.807, 2.05) is 0 Å². The number of nitrogens with zero attached hydrogens (tertiary/aromatic N) is 3. The summed E-state index contributed by atoms with van der Waals surface area (Å²) in [4.78, 5) is 0. The summed E-state index contributed by atoms with van der Waals surface area (Å²) in [7, 11) is 0. The van der Waals surface area contributed by atoms with E-state index in [1.54, 1.807) is 0 Å². The van der Waals surface area contributed by atoms with Gasteiger partial charge in [0.2, 0.25) is 0 Å². The lowest BCUT2D eigenvalue weighted by atomic mass is 10.5. The van der Waals surface area contributed by atoms with Crippen molar-refractivity contribution in [3.8, 4) is 0 Å². The largest absolute Gasteiger partial charge is 0.378 e. The lowest BCUT2D eigenvalue weighted by molar-refractivity contribution is 0.0443. The van der Waals surface area contributed by atoms with Crippen molar-refractivity contribution in [1.29, 1.82) is 0 Å². The van der Waals surface area contributed by atoms with E-state index < -0.39 is 0 Å². The third-order valence-corrected chi connectivity index (χ3v) is 6.08. The maximum Gasteiger partial charge on any atom is 0.268 e. The first-order valence-corrected chi connectivity index (χ1v) is 8.27. The summed E-state index contributed by atoms with van der Waals surface area (Å²) >= 11 is 0.0762. The zero-order valence-electron chi connectivity index (χ0n) is 11.5. The molecule has 6 nitrogen and oxygen atoms in total. The van der Waals surface area contributed by atoms with Crippen LogP contribution < -0.4 is 0 Å². The summed E-state index contributed by atoms with van der Waals surface area (Å²) in [6.45, 7) is 11.4. The molecule has 0 radical (unpaired) electrons. The van der Waals surface area contributed by atoms with Gasteiger partial charge in [0.15, 0.2) is 0 Å². The molecule has 0 saturated carbocycles. The van der Waals surface area contributed by atoms with E-state index in [0.717, 1.165) is 78.9 Å². The highest BCUT2D eigenvalue weighted by molar-refractivity contribution is 7.90. The second-order valence-corrected chi connectivity index (χ2v) is 6.91. The van der Waals surface area contributed by atoms with Crippen molar-refractivity contribution in [2.45, 2.75) is 0 Å². The minimum Gasteiger partial charge on any atom is -0.378 e. The first kappa shape index (κ1) is 14.1. The Labute approximate surface area is 118 Å². The number of morpholine rings is 3. The van der Waals surface area contributed by atoms with Crippen LogP contribution in [0.5, 0.6) is 0 Å². The Bertz CT molecular complexity index is 224. The summed E-state index contributed by atoms with van der Waals surface area (Å²) in [6.07, 6.45) is 0. The number of hydrogen-bond acceptors (Lipinski definition) is 6. The number of ether oxygens (including phenoxy) is 3. The van der Waals surface area contributed by atoms with E-state index in [-0.39, 0.29) is 11.5 Å². The quantitative estimate of drug-likeness (QED) is 0.643. The topological polar surface area (TPSA) is 37.4 Å². The molecule has 7 heteroatoms. The van der Waals surface area contributed by atoms with Gasteiger partial charge in [-0.1, -0.05) is 12.9 Å². The molecule has 3 rings (SSSR count). The molecule has 3 heterocycles. The van der Waals surface area contributed by atoms with Gasteiger partial charge in [0, 0.05) is 0 Å². The predicted molar refractivity (Wildman–Crippen MR) is 74.5 cm³/mol. The van der Waals surface area contributed by atoms with Crippen molar-refractivity contribution in [1.82, 2.24) is 12.9 Å². The first-order valence-electron chi connectivity index (χ1n) is 7.18. The zero-order chi connectivity index (χ0) is 12.9. The molecule has 110 valence electrons. The smallest absolute Gasteiger partial charge is 0.268 e. The van der Waals surface area contributed by atoms with Crippen molar-refractivity contribution in [3.05, 3.63) is 0 Å². The van der Waals surface area contributed by atoms with Crippen molar-refractivity contribution in [2.75, 3.05) is 78.9 Å². The maximum absolute atomic E-state index is 5.50. The third-order valence-electron chi connectivity index (χ3n) is 3.60. The van der Waals surface area contributed by atoms with Crippen LogP contribution in [-0.4, -0.2) is 91.8 Å². The minimum absolute atomic E-state index is 0.0762. The Kier molecular flexibility index (Phi) is 5.34. The summed E-state index contributed by atoms with van der Waals surface area (Å²) in [5.74, 6) is 0. The molecule has 3 aliphatic rings. The van der Waals surface area contributed by atoms with E-state index in [1.165, 1.54) is 0 Å². The normalized spacial score (nSPS) is 28.9. The Morgan fingerprint density at radius 3 is 1.00 bits per heavy atom. The van der Waals surface area contributed by atoms with Crippen LogP contribution in [0.2, 0.25) is 0 Å². The average molecular weight is 290 g/mol. The summed E-state index contributed by atoms with van der Waals surface area (Å²) in [5.41, 5.74) is 0. The van der Waals surface area contributed by atoms with E-state index in [2.05, 4.69) is 12.9 Å². The van der Waals surface area contributed by atoms with E-state index in [4.69, 9.17) is 14.2 Å². The molecule has 0 N–H and O–H groups in total. The molecule has 0 aromatic heterocycles. The van der Waals surface area contributed by atoms with E-state index >= 15 is 0 Å². The molecule has 0 aromatic rings. The molecular weight excluding hydrogens is 266 g/mol.